The summed E-state index contributed by atoms with van der Waals surface area (Å²) in [6, 6.07) is 1.23. The van der Waals surface area contributed by atoms with E-state index in [4.69, 9.17) is 0 Å². The lowest BCUT2D eigenvalue weighted by molar-refractivity contribution is -0.132. The third kappa shape index (κ3) is 2.98. The number of hydrogen-bond donors (Lipinski definition) is 2. The molecule has 4 fully saturated rings. The van der Waals surface area contributed by atoms with Crippen LogP contribution in [0.4, 0.5) is 0 Å². The van der Waals surface area contributed by atoms with Crippen molar-refractivity contribution in [1.82, 2.24) is 20.4 Å². The molecule has 0 radical (unpaired) electrons. The van der Waals surface area contributed by atoms with Crippen LogP contribution >= 0.6 is 0 Å². The molecule has 2 bridgehead atoms. The SMILES string of the molecule is CC1(CC(=O)N2CC3=CC=C(N4C5CCC4CNC5)NC3(C)C2)CCCC1. The van der Waals surface area contributed by atoms with Crippen LogP contribution in [0.3, 0.4) is 0 Å². The molecule has 3 unspecified atom stereocenters. The van der Waals surface area contributed by atoms with E-state index in [2.05, 4.69) is 46.4 Å². The first-order valence-corrected chi connectivity index (χ1v) is 10.9. The summed E-state index contributed by atoms with van der Waals surface area (Å²) in [5, 5.41) is 7.41. The van der Waals surface area contributed by atoms with Gasteiger partial charge in [-0.2, -0.15) is 0 Å². The van der Waals surface area contributed by atoms with Crippen LogP contribution in [0.5, 0.6) is 0 Å². The first kappa shape index (κ1) is 17.6. The van der Waals surface area contributed by atoms with Crippen molar-refractivity contribution in [2.75, 3.05) is 26.2 Å². The van der Waals surface area contributed by atoms with Crippen molar-refractivity contribution in [3.05, 3.63) is 23.5 Å². The van der Waals surface area contributed by atoms with Gasteiger partial charge in [-0.3, -0.25) is 4.79 Å². The Morgan fingerprint density at radius 2 is 1.85 bits per heavy atom. The molecule has 3 atom stereocenters. The number of rotatable bonds is 3. The van der Waals surface area contributed by atoms with E-state index in [1.807, 2.05) is 0 Å². The molecule has 5 nitrogen and oxygen atoms in total. The molecule has 1 amide bonds. The molecule has 5 heteroatoms. The number of allylic oxidation sites excluding steroid dienone is 2. The summed E-state index contributed by atoms with van der Waals surface area (Å²) in [7, 11) is 0. The van der Waals surface area contributed by atoms with Crippen molar-refractivity contribution in [3.63, 3.8) is 0 Å². The first-order valence-electron chi connectivity index (χ1n) is 10.9. The Morgan fingerprint density at radius 3 is 2.56 bits per heavy atom. The average molecular weight is 371 g/mol. The molecular formula is C22H34N4O. The van der Waals surface area contributed by atoms with Crippen molar-refractivity contribution in [3.8, 4) is 0 Å². The Hall–Kier alpha value is -1.49. The fraction of sp³-hybridized carbons (Fsp3) is 0.773. The van der Waals surface area contributed by atoms with Crippen LogP contribution in [0.25, 0.3) is 0 Å². The van der Waals surface area contributed by atoms with Gasteiger partial charge in [-0.05, 0) is 49.7 Å². The zero-order chi connectivity index (χ0) is 18.6. The maximum absolute atomic E-state index is 13.0. The minimum Gasteiger partial charge on any atom is -0.361 e. The second-order valence-electron chi connectivity index (χ2n) is 10.1. The lowest BCUT2D eigenvalue weighted by atomic mass is 9.84. The van der Waals surface area contributed by atoms with Gasteiger partial charge in [-0.25, -0.2) is 0 Å². The molecular weight excluding hydrogens is 336 g/mol. The van der Waals surface area contributed by atoms with E-state index in [9.17, 15) is 4.79 Å². The van der Waals surface area contributed by atoms with Gasteiger partial charge in [0.15, 0.2) is 0 Å². The van der Waals surface area contributed by atoms with Crippen molar-refractivity contribution in [2.45, 2.75) is 76.4 Å². The molecule has 1 saturated carbocycles. The molecule has 0 aromatic heterocycles. The standard InChI is InChI=1S/C22H34N4O/c1-21(9-3-4-10-21)11-20(27)25-14-16-5-8-19(24-22(16,2)15-25)26-17-6-7-18(26)13-23-12-17/h5,8,17-18,23-24H,3-4,6-7,9-15H2,1-2H3. The summed E-state index contributed by atoms with van der Waals surface area (Å²) in [6.07, 6.45) is 12.8. The van der Waals surface area contributed by atoms with Crippen LogP contribution in [-0.2, 0) is 4.79 Å². The average Bonchev–Trinajstić information content (AvgIpc) is 3.28. The molecule has 3 saturated heterocycles. The van der Waals surface area contributed by atoms with Crippen LogP contribution in [0.1, 0.15) is 58.8 Å². The van der Waals surface area contributed by atoms with Gasteiger partial charge >= 0.3 is 0 Å². The number of nitrogens with one attached hydrogen (secondary N) is 2. The van der Waals surface area contributed by atoms with E-state index in [-0.39, 0.29) is 11.0 Å². The highest BCUT2D eigenvalue weighted by Crippen LogP contribution is 2.42. The second-order valence-corrected chi connectivity index (χ2v) is 10.1. The molecule has 0 aromatic rings. The topological polar surface area (TPSA) is 47.6 Å². The molecule has 4 aliphatic heterocycles. The van der Waals surface area contributed by atoms with E-state index in [0.717, 1.165) is 32.6 Å². The molecule has 27 heavy (non-hydrogen) atoms. The van der Waals surface area contributed by atoms with Crippen LogP contribution in [0.2, 0.25) is 0 Å². The van der Waals surface area contributed by atoms with Crippen molar-refractivity contribution < 1.29 is 4.79 Å². The highest BCUT2D eigenvalue weighted by molar-refractivity contribution is 5.78. The van der Waals surface area contributed by atoms with Gasteiger partial charge in [0.2, 0.25) is 5.91 Å². The minimum absolute atomic E-state index is 0.110. The summed E-state index contributed by atoms with van der Waals surface area (Å²) >= 11 is 0. The molecule has 4 heterocycles. The summed E-state index contributed by atoms with van der Waals surface area (Å²) in [5.41, 5.74) is 1.48. The number of nitrogens with zero attached hydrogens (tertiary/aromatic N) is 2. The predicted molar refractivity (Wildman–Crippen MR) is 107 cm³/mol. The fourth-order valence-electron chi connectivity index (χ4n) is 6.16. The zero-order valence-electron chi connectivity index (χ0n) is 16.9. The van der Waals surface area contributed by atoms with Gasteiger partial charge in [-0.1, -0.05) is 25.8 Å². The number of amides is 1. The van der Waals surface area contributed by atoms with Crippen LogP contribution in [-0.4, -0.2) is 59.5 Å². The number of dihydropyridines is 1. The Labute approximate surface area is 163 Å². The normalized spacial score (nSPS) is 37.0. The molecule has 0 aromatic carbocycles. The lowest BCUT2D eigenvalue weighted by Crippen LogP contribution is -2.57. The molecule has 2 N–H and O–H groups in total. The molecule has 1 aliphatic carbocycles. The highest BCUT2D eigenvalue weighted by Gasteiger charge is 2.46. The van der Waals surface area contributed by atoms with E-state index >= 15 is 0 Å². The third-order valence-corrected chi connectivity index (χ3v) is 7.82. The van der Waals surface area contributed by atoms with Gasteiger partial charge in [-0.15, -0.1) is 0 Å². The summed E-state index contributed by atoms with van der Waals surface area (Å²) < 4.78 is 0. The van der Waals surface area contributed by atoms with E-state index in [0.29, 0.717) is 18.0 Å². The molecule has 148 valence electrons. The molecule has 0 spiro atoms. The van der Waals surface area contributed by atoms with Crippen LogP contribution in [0.15, 0.2) is 23.5 Å². The fourth-order valence-corrected chi connectivity index (χ4v) is 6.16. The van der Waals surface area contributed by atoms with E-state index < -0.39 is 0 Å². The summed E-state index contributed by atoms with van der Waals surface area (Å²) in [5.74, 6) is 1.62. The van der Waals surface area contributed by atoms with Gasteiger partial charge in [0, 0.05) is 44.7 Å². The van der Waals surface area contributed by atoms with Gasteiger partial charge in [0.1, 0.15) is 5.82 Å². The zero-order valence-corrected chi connectivity index (χ0v) is 16.9. The van der Waals surface area contributed by atoms with Crippen LogP contribution < -0.4 is 10.6 Å². The van der Waals surface area contributed by atoms with Gasteiger partial charge < -0.3 is 20.4 Å². The number of piperazine rings is 1. The number of likely N-dealkylation sites (tertiary alicyclic amines) is 1. The summed E-state index contributed by atoms with van der Waals surface area (Å²) in [4.78, 5) is 17.7. The Morgan fingerprint density at radius 1 is 1.15 bits per heavy atom. The predicted octanol–water partition coefficient (Wildman–Crippen LogP) is 2.36. The summed E-state index contributed by atoms with van der Waals surface area (Å²) in [6.45, 7) is 8.35. The Balaban J connectivity index is 1.28. The minimum atomic E-state index is -0.110. The smallest absolute Gasteiger partial charge is 0.223 e. The number of hydrogen-bond acceptors (Lipinski definition) is 4. The van der Waals surface area contributed by atoms with E-state index in [1.54, 1.807) is 0 Å². The van der Waals surface area contributed by atoms with Crippen molar-refractivity contribution in [2.24, 2.45) is 5.41 Å². The monoisotopic (exact) mass is 370 g/mol. The van der Waals surface area contributed by atoms with E-state index in [1.165, 1.54) is 49.9 Å². The number of fused-ring (bicyclic) bond motifs is 3. The van der Waals surface area contributed by atoms with Gasteiger partial charge in [0.25, 0.3) is 0 Å². The first-order chi connectivity index (χ1) is 13.0. The van der Waals surface area contributed by atoms with Crippen molar-refractivity contribution >= 4 is 5.91 Å². The largest absolute Gasteiger partial charge is 0.361 e. The van der Waals surface area contributed by atoms with Crippen LogP contribution in [0, 0.1) is 5.41 Å². The Kier molecular flexibility index (Phi) is 4.08. The lowest BCUT2D eigenvalue weighted by Gasteiger charge is -2.43. The maximum Gasteiger partial charge on any atom is 0.223 e. The quantitative estimate of drug-likeness (QED) is 0.801. The second kappa shape index (κ2) is 6.26. The Bertz CT molecular complexity index is 676. The van der Waals surface area contributed by atoms with Crippen molar-refractivity contribution in [1.29, 1.82) is 0 Å². The number of carbonyl (C=O) groups is 1. The maximum atomic E-state index is 13.0. The molecule has 5 rings (SSSR count). The third-order valence-electron chi connectivity index (χ3n) is 7.82. The van der Waals surface area contributed by atoms with Gasteiger partial charge in [0.05, 0.1) is 5.54 Å². The molecule has 5 aliphatic rings. The number of carbonyl (C=O) groups excluding carboxylic acids is 1. The highest BCUT2D eigenvalue weighted by atomic mass is 16.2.